The Morgan fingerprint density at radius 2 is 2.00 bits per heavy atom. The van der Waals surface area contributed by atoms with Crippen LogP contribution < -0.4 is 4.90 Å². The molecule has 1 aliphatic rings. The second-order valence-corrected chi connectivity index (χ2v) is 6.85. The zero-order valence-electron chi connectivity index (χ0n) is 15.0. The number of aromatic amines is 1. The van der Waals surface area contributed by atoms with Crippen LogP contribution in [0, 0.1) is 6.92 Å². The third-order valence-corrected chi connectivity index (χ3v) is 5.12. The van der Waals surface area contributed by atoms with Crippen molar-refractivity contribution in [1.82, 2.24) is 19.9 Å². The number of H-pyrrole nitrogens is 1. The fourth-order valence-electron chi connectivity index (χ4n) is 3.71. The van der Waals surface area contributed by atoms with Gasteiger partial charge < -0.3 is 19.2 Å². The predicted octanol–water partition coefficient (Wildman–Crippen LogP) is 2.97. The Hall–Kier alpha value is -3.35. The van der Waals surface area contributed by atoms with Gasteiger partial charge in [-0.25, -0.2) is 9.97 Å². The lowest BCUT2D eigenvalue weighted by atomic mass is 10.1. The molecule has 136 valence electrons. The van der Waals surface area contributed by atoms with Crippen molar-refractivity contribution < 1.29 is 9.21 Å². The van der Waals surface area contributed by atoms with Gasteiger partial charge in [0.2, 0.25) is 0 Å². The second-order valence-electron chi connectivity index (χ2n) is 6.85. The maximum absolute atomic E-state index is 12.4. The molecule has 4 aromatic rings. The molecule has 3 aromatic heterocycles. The third-order valence-electron chi connectivity index (χ3n) is 5.12. The standard InChI is InChI=1S/C20H19N5O2/c1-13-4-5-15-14(11-13)17-18(23-15)19(22-12-21-17)24-6-8-25(9-7-24)20(26)16-3-2-10-27-16/h2-5,10-12,23H,6-9H2,1H3. The molecule has 0 saturated carbocycles. The molecule has 1 aromatic carbocycles. The highest BCUT2D eigenvalue weighted by molar-refractivity contribution is 6.08. The van der Waals surface area contributed by atoms with Crippen LogP contribution in [0.4, 0.5) is 5.82 Å². The Bertz CT molecular complexity index is 1120. The number of hydrogen-bond donors (Lipinski definition) is 1. The number of rotatable bonds is 2. The van der Waals surface area contributed by atoms with Crippen LogP contribution in [0.1, 0.15) is 16.1 Å². The Kier molecular flexibility index (Phi) is 3.60. The lowest BCUT2D eigenvalue weighted by Gasteiger charge is -2.35. The van der Waals surface area contributed by atoms with Crippen LogP contribution in [-0.2, 0) is 0 Å². The van der Waals surface area contributed by atoms with E-state index in [0.29, 0.717) is 31.9 Å². The Balaban J connectivity index is 1.43. The van der Waals surface area contributed by atoms with Gasteiger partial charge in [-0.1, -0.05) is 11.6 Å². The number of amides is 1. The van der Waals surface area contributed by atoms with E-state index in [2.05, 4.69) is 45.0 Å². The summed E-state index contributed by atoms with van der Waals surface area (Å²) in [5, 5.41) is 1.11. The molecule has 7 nitrogen and oxygen atoms in total. The number of nitrogens with zero attached hydrogens (tertiary/aromatic N) is 4. The average Bonchev–Trinajstić information content (AvgIpc) is 3.35. The lowest BCUT2D eigenvalue weighted by molar-refractivity contribution is 0.0714. The molecule has 0 unspecified atom stereocenters. The fraction of sp³-hybridized carbons (Fsp3) is 0.250. The highest BCUT2D eigenvalue weighted by Gasteiger charge is 2.25. The van der Waals surface area contributed by atoms with E-state index >= 15 is 0 Å². The SMILES string of the molecule is Cc1ccc2[nH]c3c(N4CCN(C(=O)c5ccco5)CC4)ncnc3c2c1. The molecule has 1 saturated heterocycles. The highest BCUT2D eigenvalue weighted by Crippen LogP contribution is 2.30. The van der Waals surface area contributed by atoms with Crippen LogP contribution in [-0.4, -0.2) is 51.9 Å². The summed E-state index contributed by atoms with van der Waals surface area (Å²) < 4.78 is 5.23. The molecule has 0 radical (unpaired) electrons. The van der Waals surface area contributed by atoms with Crippen LogP contribution in [0.25, 0.3) is 21.9 Å². The summed E-state index contributed by atoms with van der Waals surface area (Å²) in [7, 11) is 0. The molecule has 1 fully saturated rings. The summed E-state index contributed by atoms with van der Waals surface area (Å²) in [6.07, 6.45) is 3.15. The Morgan fingerprint density at radius 1 is 1.15 bits per heavy atom. The first-order valence-electron chi connectivity index (χ1n) is 9.01. The molecule has 0 aliphatic carbocycles. The van der Waals surface area contributed by atoms with E-state index in [4.69, 9.17) is 4.42 Å². The maximum atomic E-state index is 12.4. The number of anilines is 1. The topological polar surface area (TPSA) is 78.3 Å². The minimum atomic E-state index is -0.0615. The van der Waals surface area contributed by atoms with Gasteiger partial charge in [-0.3, -0.25) is 4.79 Å². The third kappa shape index (κ3) is 2.63. The molecule has 7 heteroatoms. The van der Waals surface area contributed by atoms with E-state index in [9.17, 15) is 4.79 Å². The molecular weight excluding hydrogens is 342 g/mol. The first-order chi connectivity index (χ1) is 13.2. The largest absolute Gasteiger partial charge is 0.459 e. The van der Waals surface area contributed by atoms with Gasteiger partial charge in [0.05, 0.1) is 6.26 Å². The molecule has 1 aliphatic heterocycles. The van der Waals surface area contributed by atoms with Crippen LogP contribution in [0.15, 0.2) is 47.3 Å². The number of benzene rings is 1. The first-order valence-corrected chi connectivity index (χ1v) is 9.01. The van der Waals surface area contributed by atoms with Gasteiger partial charge in [0, 0.05) is 37.1 Å². The summed E-state index contributed by atoms with van der Waals surface area (Å²) in [5.74, 6) is 1.21. The van der Waals surface area contributed by atoms with Crippen molar-refractivity contribution in [2.24, 2.45) is 0 Å². The smallest absolute Gasteiger partial charge is 0.289 e. The molecule has 0 bridgehead atoms. The number of carbonyl (C=O) groups is 1. The second kappa shape index (κ2) is 6.12. The van der Waals surface area contributed by atoms with Crippen LogP contribution in [0.3, 0.4) is 0 Å². The van der Waals surface area contributed by atoms with E-state index < -0.39 is 0 Å². The minimum absolute atomic E-state index is 0.0615. The fourth-order valence-corrected chi connectivity index (χ4v) is 3.71. The van der Waals surface area contributed by atoms with E-state index in [-0.39, 0.29) is 5.91 Å². The van der Waals surface area contributed by atoms with Crippen molar-refractivity contribution in [1.29, 1.82) is 0 Å². The number of piperazine rings is 1. The number of fused-ring (bicyclic) bond motifs is 3. The van der Waals surface area contributed by atoms with E-state index in [1.165, 1.54) is 11.8 Å². The van der Waals surface area contributed by atoms with Crippen molar-refractivity contribution in [3.05, 3.63) is 54.2 Å². The number of carbonyl (C=O) groups excluding carboxylic acids is 1. The summed E-state index contributed by atoms with van der Waals surface area (Å²) >= 11 is 0. The van der Waals surface area contributed by atoms with Gasteiger partial charge >= 0.3 is 0 Å². The summed E-state index contributed by atoms with van der Waals surface area (Å²) in [4.78, 5) is 29.0. The normalized spacial score (nSPS) is 15.0. The highest BCUT2D eigenvalue weighted by atomic mass is 16.3. The summed E-state index contributed by atoms with van der Waals surface area (Å²) in [5.41, 5.74) is 4.15. The van der Waals surface area contributed by atoms with E-state index in [0.717, 1.165) is 27.8 Å². The maximum Gasteiger partial charge on any atom is 0.289 e. The van der Waals surface area contributed by atoms with Crippen molar-refractivity contribution in [3.8, 4) is 0 Å². The van der Waals surface area contributed by atoms with Crippen LogP contribution in [0.5, 0.6) is 0 Å². The van der Waals surface area contributed by atoms with Gasteiger partial charge in [0.15, 0.2) is 11.6 Å². The van der Waals surface area contributed by atoms with Gasteiger partial charge in [-0.05, 0) is 31.2 Å². The Labute approximate surface area is 155 Å². The van der Waals surface area contributed by atoms with E-state index in [1.54, 1.807) is 18.5 Å². The number of nitrogens with one attached hydrogen (secondary N) is 1. The monoisotopic (exact) mass is 361 g/mol. The van der Waals surface area contributed by atoms with Gasteiger partial charge in [0.25, 0.3) is 5.91 Å². The van der Waals surface area contributed by atoms with Gasteiger partial charge in [0.1, 0.15) is 17.4 Å². The van der Waals surface area contributed by atoms with Gasteiger partial charge in [-0.15, -0.1) is 0 Å². The lowest BCUT2D eigenvalue weighted by Crippen LogP contribution is -2.49. The van der Waals surface area contributed by atoms with Gasteiger partial charge in [-0.2, -0.15) is 0 Å². The molecule has 4 heterocycles. The predicted molar refractivity (Wildman–Crippen MR) is 103 cm³/mol. The minimum Gasteiger partial charge on any atom is -0.459 e. The molecule has 0 spiro atoms. The number of aromatic nitrogens is 3. The number of hydrogen-bond acceptors (Lipinski definition) is 5. The average molecular weight is 361 g/mol. The quantitative estimate of drug-likeness (QED) is 0.594. The molecular formula is C20H19N5O2. The molecule has 1 amide bonds. The molecule has 27 heavy (non-hydrogen) atoms. The zero-order chi connectivity index (χ0) is 18.4. The molecule has 5 rings (SSSR count). The van der Waals surface area contributed by atoms with Crippen molar-refractivity contribution >= 4 is 33.7 Å². The van der Waals surface area contributed by atoms with Crippen molar-refractivity contribution in [2.75, 3.05) is 31.1 Å². The number of aryl methyl sites for hydroxylation is 1. The Morgan fingerprint density at radius 3 is 2.78 bits per heavy atom. The van der Waals surface area contributed by atoms with Crippen molar-refractivity contribution in [3.63, 3.8) is 0 Å². The summed E-state index contributed by atoms with van der Waals surface area (Å²) in [6, 6.07) is 9.75. The zero-order valence-corrected chi connectivity index (χ0v) is 15.0. The first kappa shape index (κ1) is 15.9. The van der Waals surface area contributed by atoms with Crippen LogP contribution >= 0.6 is 0 Å². The van der Waals surface area contributed by atoms with E-state index in [1.807, 2.05) is 4.90 Å². The summed E-state index contributed by atoms with van der Waals surface area (Å²) in [6.45, 7) is 4.77. The number of furan rings is 1. The van der Waals surface area contributed by atoms with Crippen molar-refractivity contribution in [2.45, 2.75) is 6.92 Å². The van der Waals surface area contributed by atoms with Crippen LogP contribution in [0.2, 0.25) is 0 Å². The molecule has 1 N–H and O–H groups in total. The molecule has 0 atom stereocenters.